The summed E-state index contributed by atoms with van der Waals surface area (Å²) >= 11 is 4.15. The minimum absolute atomic E-state index is 0.0941. The Labute approximate surface area is 104 Å². The monoisotopic (exact) mass is 259 g/mol. The van der Waals surface area contributed by atoms with Gasteiger partial charge in [0.1, 0.15) is 5.82 Å². The molecule has 0 aliphatic carbocycles. The van der Waals surface area contributed by atoms with Gasteiger partial charge in [0, 0.05) is 5.92 Å². The van der Waals surface area contributed by atoms with Gasteiger partial charge in [-0.3, -0.25) is 10.1 Å². The highest BCUT2D eigenvalue weighted by Crippen LogP contribution is 2.28. The van der Waals surface area contributed by atoms with Gasteiger partial charge in [0.25, 0.3) is 0 Å². The molecule has 94 valence electrons. The van der Waals surface area contributed by atoms with E-state index in [2.05, 4.69) is 12.6 Å². The van der Waals surface area contributed by atoms with E-state index in [1.54, 1.807) is 0 Å². The van der Waals surface area contributed by atoms with E-state index in [0.29, 0.717) is 12.4 Å². The van der Waals surface area contributed by atoms with Gasteiger partial charge in [-0.2, -0.15) is 12.6 Å². The highest BCUT2D eigenvalue weighted by atomic mass is 32.1. The SMILES string of the molecule is CCC(CS)COc1ccc(F)cc1[N+](=O)[O-]. The van der Waals surface area contributed by atoms with Gasteiger partial charge in [-0.25, -0.2) is 4.39 Å². The second-order valence-corrected chi connectivity index (χ2v) is 4.00. The topological polar surface area (TPSA) is 52.4 Å². The lowest BCUT2D eigenvalue weighted by atomic mass is 10.1. The molecule has 0 bridgehead atoms. The first-order valence-corrected chi connectivity index (χ1v) is 5.89. The summed E-state index contributed by atoms with van der Waals surface area (Å²) in [7, 11) is 0. The highest BCUT2D eigenvalue weighted by molar-refractivity contribution is 7.80. The van der Waals surface area contributed by atoms with E-state index in [1.165, 1.54) is 6.07 Å². The number of nitrogens with zero attached hydrogens (tertiary/aromatic N) is 1. The van der Waals surface area contributed by atoms with Crippen molar-refractivity contribution in [2.24, 2.45) is 5.92 Å². The molecular formula is C11H14FNO3S. The Bertz CT molecular complexity index is 396. The number of benzene rings is 1. The molecule has 0 heterocycles. The fourth-order valence-electron chi connectivity index (χ4n) is 1.26. The lowest BCUT2D eigenvalue weighted by Gasteiger charge is -2.13. The quantitative estimate of drug-likeness (QED) is 0.485. The molecule has 0 fully saturated rings. The van der Waals surface area contributed by atoms with Crippen molar-refractivity contribution in [3.05, 3.63) is 34.1 Å². The summed E-state index contributed by atoms with van der Waals surface area (Å²) in [4.78, 5) is 10.0. The zero-order chi connectivity index (χ0) is 12.8. The Hall–Kier alpha value is -1.30. The van der Waals surface area contributed by atoms with Crippen LogP contribution in [0.4, 0.5) is 10.1 Å². The van der Waals surface area contributed by atoms with Crippen molar-refractivity contribution in [2.45, 2.75) is 13.3 Å². The first-order valence-electron chi connectivity index (χ1n) is 5.26. The first-order chi connectivity index (χ1) is 8.08. The average molecular weight is 259 g/mol. The number of hydrogen-bond donors (Lipinski definition) is 1. The molecule has 4 nitrogen and oxygen atoms in total. The van der Waals surface area contributed by atoms with Crippen molar-refractivity contribution in [3.63, 3.8) is 0 Å². The van der Waals surface area contributed by atoms with E-state index in [1.807, 2.05) is 6.92 Å². The van der Waals surface area contributed by atoms with Crippen molar-refractivity contribution in [1.82, 2.24) is 0 Å². The lowest BCUT2D eigenvalue weighted by molar-refractivity contribution is -0.386. The molecule has 17 heavy (non-hydrogen) atoms. The van der Waals surface area contributed by atoms with Crippen LogP contribution in [0.1, 0.15) is 13.3 Å². The Morgan fingerprint density at radius 1 is 1.59 bits per heavy atom. The number of thiol groups is 1. The smallest absolute Gasteiger partial charge is 0.313 e. The Kier molecular flexibility index (Phi) is 5.21. The minimum atomic E-state index is -0.653. The molecule has 0 aliphatic heterocycles. The Morgan fingerprint density at radius 2 is 2.29 bits per heavy atom. The summed E-state index contributed by atoms with van der Waals surface area (Å²) in [5.41, 5.74) is -0.348. The van der Waals surface area contributed by atoms with Crippen molar-refractivity contribution in [2.75, 3.05) is 12.4 Å². The first kappa shape index (κ1) is 13.8. The van der Waals surface area contributed by atoms with Crippen LogP contribution in [-0.4, -0.2) is 17.3 Å². The van der Waals surface area contributed by atoms with Crippen LogP contribution >= 0.6 is 12.6 Å². The van der Waals surface area contributed by atoms with E-state index in [9.17, 15) is 14.5 Å². The molecule has 1 unspecified atom stereocenters. The summed E-state index contributed by atoms with van der Waals surface area (Å²) in [5, 5.41) is 10.7. The van der Waals surface area contributed by atoms with Crippen molar-refractivity contribution in [3.8, 4) is 5.75 Å². The maximum Gasteiger partial charge on any atom is 0.313 e. The number of rotatable bonds is 6. The van der Waals surface area contributed by atoms with Gasteiger partial charge in [0.2, 0.25) is 0 Å². The second-order valence-electron chi connectivity index (χ2n) is 3.64. The van der Waals surface area contributed by atoms with Gasteiger partial charge < -0.3 is 4.74 Å². The molecule has 0 aromatic heterocycles. The molecule has 6 heteroatoms. The lowest BCUT2D eigenvalue weighted by Crippen LogP contribution is -2.13. The third-order valence-corrected chi connectivity index (χ3v) is 2.94. The molecule has 0 N–H and O–H groups in total. The summed E-state index contributed by atoms with van der Waals surface area (Å²) in [5.74, 6) is 0.316. The van der Waals surface area contributed by atoms with Crippen LogP contribution in [0.5, 0.6) is 5.75 Å². The number of nitro groups is 1. The third kappa shape index (κ3) is 3.89. The number of hydrogen-bond acceptors (Lipinski definition) is 4. The number of halogens is 1. The van der Waals surface area contributed by atoms with Gasteiger partial charge in [0.15, 0.2) is 5.75 Å². The molecule has 1 atom stereocenters. The molecule has 1 aromatic carbocycles. The third-order valence-electron chi connectivity index (χ3n) is 2.43. The zero-order valence-electron chi connectivity index (χ0n) is 9.43. The Morgan fingerprint density at radius 3 is 2.82 bits per heavy atom. The van der Waals surface area contributed by atoms with Gasteiger partial charge >= 0.3 is 5.69 Å². The highest BCUT2D eigenvalue weighted by Gasteiger charge is 2.17. The van der Waals surface area contributed by atoms with Gasteiger partial charge in [-0.1, -0.05) is 6.92 Å². The van der Waals surface area contributed by atoms with E-state index >= 15 is 0 Å². The maximum atomic E-state index is 12.9. The van der Waals surface area contributed by atoms with Gasteiger partial charge in [-0.15, -0.1) is 0 Å². The fourth-order valence-corrected chi connectivity index (χ4v) is 1.63. The van der Waals surface area contributed by atoms with Gasteiger partial charge in [0.05, 0.1) is 17.6 Å². The van der Waals surface area contributed by atoms with Crippen LogP contribution < -0.4 is 4.74 Å². The average Bonchev–Trinajstić information content (AvgIpc) is 2.31. The second kappa shape index (κ2) is 6.44. The molecule has 1 rings (SSSR count). The number of ether oxygens (including phenoxy) is 1. The van der Waals surface area contributed by atoms with Crippen LogP contribution in [0.2, 0.25) is 0 Å². The summed E-state index contributed by atoms with van der Waals surface area (Å²) in [6.07, 6.45) is 0.874. The van der Waals surface area contributed by atoms with E-state index in [0.717, 1.165) is 18.6 Å². The minimum Gasteiger partial charge on any atom is -0.486 e. The fraction of sp³-hybridized carbons (Fsp3) is 0.455. The molecule has 0 amide bonds. The molecule has 0 radical (unpaired) electrons. The molecule has 0 spiro atoms. The number of nitro benzene ring substituents is 1. The molecule has 0 aliphatic rings. The molecule has 0 saturated heterocycles. The summed E-state index contributed by atoms with van der Waals surface area (Å²) in [6.45, 7) is 2.33. The standard InChI is InChI=1S/C11H14FNO3S/c1-2-8(7-17)6-16-11-4-3-9(12)5-10(11)13(14)15/h3-5,8,17H,2,6-7H2,1H3. The van der Waals surface area contributed by atoms with Crippen molar-refractivity contribution in [1.29, 1.82) is 0 Å². The van der Waals surface area contributed by atoms with Crippen molar-refractivity contribution < 1.29 is 14.1 Å². The van der Waals surface area contributed by atoms with Crippen molar-refractivity contribution >= 4 is 18.3 Å². The van der Waals surface area contributed by atoms with E-state index in [-0.39, 0.29) is 17.4 Å². The normalized spacial score (nSPS) is 12.2. The molecule has 0 saturated carbocycles. The summed E-state index contributed by atoms with van der Waals surface area (Å²) < 4.78 is 18.2. The predicted octanol–water partition coefficient (Wildman–Crippen LogP) is 3.07. The van der Waals surface area contributed by atoms with Crippen LogP contribution in [-0.2, 0) is 0 Å². The largest absolute Gasteiger partial charge is 0.486 e. The van der Waals surface area contributed by atoms with Crippen LogP contribution in [0.15, 0.2) is 18.2 Å². The molecule has 1 aromatic rings. The predicted molar refractivity (Wildman–Crippen MR) is 66.2 cm³/mol. The van der Waals surface area contributed by atoms with Gasteiger partial charge in [-0.05, 0) is 24.3 Å². The molecular weight excluding hydrogens is 245 g/mol. The zero-order valence-corrected chi connectivity index (χ0v) is 10.3. The van der Waals surface area contributed by atoms with E-state index in [4.69, 9.17) is 4.74 Å². The summed E-state index contributed by atoms with van der Waals surface area (Å²) in [6, 6.07) is 3.28. The van der Waals surface area contributed by atoms with Crippen LogP contribution in [0.3, 0.4) is 0 Å². The van der Waals surface area contributed by atoms with Crippen LogP contribution in [0, 0.1) is 21.8 Å². The van der Waals surface area contributed by atoms with Crippen LogP contribution in [0.25, 0.3) is 0 Å². The van der Waals surface area contributed by atoms with E-state index < -0.39 is 10.7 Å². The maximum absolute atomic E-state index is 12.9. The Balaban J connectivity index is 2.80.